The number of hydrogen-bond donors (Lipinski definition) is 2. The summed E-state index contributed by atoms with van der Waals surface area (Å²) in [6, 6.07) is 0. The van der Waals surface area contributed by atoms with E-state index in [0.717, 1.165) is 38.8 Å². The Morgan fingerprint density at radius 3 is 2.50 bits per heavy atom. The van der Waals surface area contributed by atoms with Crippen LogP contribution in [0.5, 0.6) is 0 Å². The van der Waals surface area contributed by atoms with Gasteiger partial charge in [0, 0.05) is 20.1 Å². The molecule has 0 aromatic heterocycles. The molecule has 1 saturated carbocycles. The largest absolute Gasteiger partial charge is 0.317 e. The summed E-state index contributed by atoms with van der Waals surface area (Å²) >= 11 is 0. The van der Waals surface area contributed by atoms with Crippen molar-refractivity contribution in [3.63, 3.8) is 0 Å². The maximum atomic E-state index is 11.9. The summed E-state index contributed by atoms with van der Waals surface area (Å²) in [4.78, 5) is 0. The topological polar surface area (TPSA) is 61.4 Å². The maximum absolute atomic E-state index is 11.9. The van der Waals surface area contributed by atoms with Crippen molar-refractivity contribution in [3.05, 3.63) is 0 Å². The minimum Gasteiger partial charge on any atom is -0.317 e. The molecule has 0 atom stereocenters. The van der Waals surface area contributed by atoms with E-state index < -0.39 is 10.2 Å². The van der Waals surface area contributed by atoms with Gasteiger partial charge >= 0.3 is 0 Å². The van der Waals surface area contributed by atoms with Gasteiger partial charge in [-0.3, -0.25) is 0 Å². The monoisotopic (exact) mass is 277 g/mol. The van der Waals surface area contributed by atoms with Crippen LogP contribution in [0.2, 0.25) is 0 Å². The standard InChI is InChI=1S/C12H27N3O2S/c1-4-8-13-9-5-10-15(3)18(16,17)14-11-12(2)6-7-12/h13-14H,4-11H2,1-3H3. The van der Waals surface area contributed by atoms with Gasteiger partial charge in [0.1, 0.15) is 0 Å². The molecule has 108 valence electrons. The van der Waals surface area contributed by atoms with E-state index in [2.05, 4.69) is 23.9 Å². The third-order valence-electron chi connectivity index (χ3n) is 3.45. The van der Waals surface area contributed by atoms with Crippen LogP contribution in [0, 0.1) is 5.41 Å². The molecule has 0 heterocycles. The van der Waals surface area contributed by atoms with Gasteiger partial charge in [-0.1, -0.05) is 13.8 Å². The van der Waals surface area contributed by atoms with Crippen molar-refractivity contribution in [1.29, 1.82) is 0 Å². The Hall–Kier alpha value is -0.170. The predicted octanol–water partition coefficient (Wildman–Crippen LogP) is 0.942. The molecule has 1 rings (SSSR count). The van der Waals surface area contributed by atoms with Gasteiger partial charge in [-0.05, 0) is 44.2 Å². The fraction of sp³-hybridized carbons (Fsp3) is 1.00. The summed E-state index contributed by atoms with van der Waals surface area (Å²) < 4.78 is 27.9. The zero-order valence-electron chi connectivity index (χ0n) is 11.8. The molecule has 5 nitrogen and oxygen atoms in total. The van der Waals surface area contributed by atoms with Crippen LogP contribution in [0.4, 0.5) is 0 Å². The van der Waals surface area contributed by atoms with Crippen molar-refractivity contribution in [3.8, 4) is 0 Å². The third kappa shape index (κ3) is 5.65. The van der Waals surface area contributed by atoms with Crippen molar-refractivity contribution in [2.75, 3.05) is 33.2 Å². The maximum Gasteiger partial charge on any atom is 0.279 e. The number of nitrogens with one attached hydrogen (secondary N) is 2. The first-order valence-electron chi connectivity index (χ1n) is 6.81. The molecule has 0 unspecified atom stereocenters. The zero-order valence-corrected chi connectivity index (χ0v) is 12.6. The van der Waals surface area contributed by atoms with E-state index in [-0.39, 0.29) is 5.41 Å². The zero-order chi connectivity index (χ0) is 13.6. The van der Waals surface area contributed by atoms with Crippen LogP contribution in [-0.4, -0.2) is 45.9 Å². The Morgan fingerprint density at radius 1 is 1.28 bits per heavy atom. The second-order valence-electron chi connectivity index (χ2n) is 5.56. The fourth-order valence-electron chi connectivity index (χ4n) is 1.61. The third-order valence-corrected chi connectivity index (χ3v) is 4.96. The molecule has 0 spiro atoms. The van der Waals surface area contributed by atoms with Gasteiger partial charge in [0.2, 0.25) is 0 Å². The highest BCUT2D eigenvalue weighted by Gasteiger charge is 2.38. The quantitative estimate of drug-likeness (QED) is 0.584. The van der Waals surface area contributed by atoms with Crippen LogP contribution in [0.25, 0.3) is 0 Å². The number of hydrogen-bond acceptors (Lipinski definition) is 3. The van der Waals surface area contributed by atoms with E-state index in [4.69, 9.17) is 0 Å². The summed E-state index contributed by atoms with van der Waals surface area (Å²) in [6.07, 6.45) is 4.20. The van der Waals surface area contributed by atoms with Crippen LogP contribution < -0.4 is 10.0 Å². The smallest absolute Gasteiger partial charge is 0.279 e. The summed E-state index contributed by atoms with van der Waals surface area (Å²) in [5.74, 6) is 0. The predicted molar refractivity (Wildman–Crippen MR) is 74.7 cm³/mol. The lowest BCUT2D eigenvalue weighted by Crippen LogP contribution is -2.41. The first-order chi connectivity index (χ1) is 8.40. The number of nitrogens with zero attached hydrogens (tertiary/aromatic N) is 1. The molecule has 0 radical (unpaired) electrons. The second-order valence-corrected chi connectivity index (χ2v) is 7.42. The SMILES string of the molecule is CCCNCCCN(C)S(=O)(=O)NCC1(C)CC1. The molecule has 0 aromatic rings. The van der Waals surface area contributed by atoms with Crippen LogP contribution in [0.1, 0.15) is 39.5 Å². The first-order valence-corrected chi connectivity index (χ1v) is 8.25. The minimum absolute atomic E-state index is 0.205. The minimum atomic E-state index is -3.29. The average molecular weight is 277 g/mol. The highest BCUT2D eigenvalue weighted by atomic mass is 32.2. The van der Waals surface area contributed by atoms with Crippen molar-refractivity contribution < 1.29 is 8.42 Å². The summed E-state index contributed by atoms with van der Waals surface area (Å²) in [5.41, 5.74) is 0.205. The lowest BCUT2D eigenvalue weighted by Gasteiger charge is -2.19. The highest BCUT2D eigenvalue weighted by Crippen LogP contribution is 2.44. The van der Waals surface area contributed by atoms with Gasteiger partial charge in [0.05, 0.1) is 0 Å². The average Bonchev–Trinajstić information content (AvgIpc) is 3.05. The van der Waals surface area contributed by atoms with Crippen LogP contribution in [0.15, 0.2) is 0 Å². The summed E-state index contributed by atoms with van der Waals surface area (Å²) in [6.45, 7) is 7.21. The molecule has 0 aliphatic heterocycles. The van der Waals surface area contributed by atoms with E-state index in [1.165, 1.54) is 4.31 Å². The van der Waals surface area contributed by atoms with Gasteiger partial charge in [-0.25, -0.2) is 4.72 Å². The fourth-order valence-corrected chi connectivity index (χ4v) is 2.74. The summed E-state index contributed by atoms with van der Waals surface area (Å²) in [7, 11) is -1.65. The normalized spacial score (nSPS) is 18.2. The molecule has 18 heavy (non-hydrogen) atoms. The molecule has 0 saturated heterocycles. The molecular weight excluding hydrogens is 250 g/mol. The van der Waals surface area contributed by atoms with Gasteiger partial charge in [0.25, 0.3) is 10.2 Å². The molecule has 0 aromatic carbocycles. The van der Waals surface area contributed by atoms with E-state index in [1.807, 2.05) is 0 Å². The Labute approximate surface area is 112 Å². The van der Waals surface area contributed by atoms with Gasteiger partial charge in [-0.15, -0.1) is 0 Å². The molecule has 1 aliphatic carbocycles. The molecule has 1 aliphatic rings. The van der Waals surface area contributed by atoms with E-state index in [0.29, 0.717) is 13.1 Å². The summed E-state index contributed by atoms with van der Waals surface area (Å²) in [5, 5.41) is 3.27. The first kappa shape index (κ1) is 15.9. The van der Waals surface area contributed by atoms with Gasteiger partial charge < -0.3 is 5.32 Å². The molecule has 0 bridgehead atoms. The Bertz CT molecular complexity index is 339. The molecule has 2 N–H and O–H groups in total. The van der Waals surface area contributed by atoms with Crippen LogP contribution in [-0.2, 0) is 10.2 Å². The van der Waals surface area contributed by atoms with Crippen molar-refractivity contribution in [1.82, 2.24) is 14.3 Å². The van der Waals surface area contributed by atoms with Gasteiger partial charge in [0.15, 0.2) is 0 Å². The van der Waals surface area contributed by atoms with Gasteiger partial charge in [-0.2, -0.15) is 12.7 Å². The molecule has 1 fully saturated rings. The Kier molecular flexibility index (Phi) is 6.04. The molecular formula is C12H27N3O2S. The highest BCUT2D eigenvalue weighted by molar-refractivity contribution is 7.87. The Balaban J connectivity index is 2.19. The lowest BCUT2D eigenvalue weighted by molar-refractivity contribution is 0.435. The Morgan fingerprint density at radius 2 is 1.94 bits per heavy atom. The van der Waals surface area contributed by atoms with E-state index >= 15 is 0 Å². The molecule has 0 amide bonds. The number of rotatable bonds is 10. The van der Waals surface area contributed by atoms with Crippen LogP contribution >= 0.6 is 0 Å². The van der Waals surface area contributed by atoms with E-state index in [1.54, 1.807) is 7.05 Å². The van der Waals surface area contributed by atoms with Crippen molar-refractivity contribution in [2.24, 2.45) is 5.41 Å². The van der Waals surface area contributed by atoms with Crippen LogP contribution in [0.3, 0.4) is 0 Å². The second kappa shape index (κ2) is 6.84. The van der Waals surface area contributed by atoms with Crippen molar-refractivity contribution >= 4 is 10.2 Å². The lowest BCUT2D eigenvalue weighted by atomic mass is 10.2. The van der Waals surface area contributed by atoms with Crippen molar-refractivity contribution in [2.45, 2.75) is 39.5 Å². The van der Waals surface area contributed by atoms with E-state index in [9.17, 15) is 8.42 Å². The molecule has 6 heteroatoms.